The van der Waals surface area contributed by atoms with E-state index in [0.29, 0.717) is 12.5 Å². The first-order valence-electron chi connectivity index (χ1n) is 8.11. The van der Waals surface area contributed by atoms with Crippen molar-refractivity contribution in [2.75, 3.05) is 7.05 Å². The molecule has 1 aromatic heterocycles. The zero-order valence-electron chi connectivity index (χ0n) is 14.2. The third-order valence-electron chi connectivity index (χ3n) is 3.74. The van der Waals surface area contributed by atoms with Gasteiger partial charge in [0.15, 0.2) is 0 Å². The van der Waals surface area contributed by atoms with Gasteiger partial charge in [0.2, 0.25) is 0 Å². The van der Waals surface area contributed by atoms with E-state index < -0.39 is 0 Å². The van der Waals surface area contributed by atoms with Gasteiger partial charge in [-0.15, -0.1) is 0 Å². The Bertz CT molecular complexity index is 826. The van der Waals surface area contributed by atoms with Crippen molar-refractivity contribution in [1.29, 1.82) is 0 Å². The van der Waals surface area contributed by atoms with E-state index in [1.807, 2.05) is 54.3 Å². The fraction of sp³-hybridized carbons (Fsp3) is 0.316. The van der Waals surface area contributed by atoms with E-state index in [0.717, 1.165) is 34.5 Å². The monoisotopic (exact) mass is 343 g/mol. The first-order chi connectivity index (χ1) is 11.5. The molecule has 0 unspecified atom stereocenters. The van der Waals surface area contributed by atoms with Gasteiger partial charge in [0, 0.05) is 31.1 Å². The molecule has 0 fully saturated rings. The Hall–Kier alpha value is -2.04. The Morgan fingerprint density at radius 3 is 2.75 bits per heavy atom. The molecular formula is C19H22ClN3O. The molecule has 0 amide bonds. The second kappa shape index (κ2) is 7.24. The van der Waals surface area contributed by atoms with Gasteiger partial charge in [-0.05, 0) is 42.0 Å². The lowest BCUT2D eigenvalue weighted by atomic mass is 10.2. The Balaban J connectivity index is 1.86. The summed E-state index contributed by atoms with van der Waals surface area (Å²) in [4.78, 5) is 0. The number of hydrogen-bond donors (Lipinski definition) is 0. The molecule has 0 spiro atoms. The summed E-state index contributed by atoms with van der Waals surface area (Å²) in [6.45, 7) is 5.91. The Morgan fingerprint density at radius 1 is 1.21 bits per heavy atom. The average molecular weight is 344 g/mol. The van der Waals surface area contributed by atoms with Crippen LogP contribution < -0.4 is 4.74 Å². The van der Waals surface area contributed by atoms with Crippen molar-refractivity contribution in [3.05, 3.63) is 54.2 Å². The van der Waals surface area contributed by atoms with Gasteiger partial charge < -0.3 is 4.74 Å². The van der Waals surface area contributed by atoms with Crippen LogP contribution in [-0.2, 0) is 13.1 Å². The number of para-hydroxylation sites is 1. The van der Waals surface area contributed by atoms with E-state index in [1.54, 1.807) is 4.42 Å². The van der Waals surface area contributed by atoms with Crippen molar-refractivity contribution in [3.63, 3.8) is 0 Å². The molecule has 1 heterocycles. The molecule has 0 saturated heterocycles. The van der Waals surface area contributed by atoms with Gasteiger partial charge in [-0.3, -0.25) is 4.68 Å². The fourth-order valence-corrected chi connectivity index (χ4v) is 2.84. The smallest absolute Gasteiger partial charge is 0.131 e. The fourth-order valence-electron chi connectivity index (χ4n) is 2.72. The molecule has 0 bridgehead atoms. The molecule has 126 valence electrons. The number of aromatic nitrogens is 2. The molecule has 0 aliphatic heterocycles. The molecular weight excluding hydrogens is 322 g/mol. The minimum Gasteiger partial charge on any atom is -0.457 e. The van der Waals surface area contributed by atoms with Gasteiger partial charge in [0.25, 0.3) is 0 Å². The van der Waals surface area contributed by atoms with Crippen LogP contribution in [0.2, 0.25) is 0 Å². The normalized spacial score (nSPS) is 11.6. The topological polar surface area (TPSA) is 30.3 Å². The van der Waals surface area contributed by atoms with Crippen molar-refractivity contribution in [1.82, 2.24) is 14.2 Å². The molecule has 0 N–H and O–H groups in total. The molecule has 0 saturated carbocycles. The Kier molecular flexibility index (Phi) is 5.07. The van der Waals surface area contributed by atoms with Gasteiger partial charge in [0.05, 0.1) is 11.7 Å². The first-order valence-corrected chi connectivity index (χ1v) is 8.45. The zero-order chi connectivity index (χ0) is 17.1. The number of benzene rings is 2. The van der Waals surface area contributed by atoms with Crippen LogP contribution in [0, 0.1) is 5.92 Å². The zero-order valence-corrected chi connectivity index (χ0v) is 15.0. The average Bonchev–Trinajstić information content (AvgIpc) is 2.90. The SMILES string of the molecule is CC(C)Cn1ncc2cc(Oc3ccccc3CN(C)Cl)ccc21. The third kappa shape index (κ3) is 3.89. The maximum atomic E-state index is 6.09. The molecule has 2 aromatic carbocycles. The molecule has 5 heteroatoms. The summed E-state index contributed by atoms with van der Waals surface area (Å²) in [6.07, 6.45) is 1.89. The molecule has 4 nitrogen and oxygen atoms in total. The lowest BCUT2D eigenvalue weighted by molar-refractivity contribution is 0.460. The van der Waals surface area contributed by atoms with Crippen LogP contribution in [-0.4, -0.2) is 21.2 Å². The largest absolute Gasteiger partial charge is 0.457 e. The number of halogens is 1. The number of fused-ring (bicyclic) bond motifs is 1. The second-order valence-electron chi connectivity index (χ2n) is 6.41. The van der Waals surface area contributed by atoms with E-state index >= 15 is 0 Å². The summed E-state index contributed by atoms with van der Waals surface area (Å²) >= 11 is 5.98. The highest BCUT2D eigenvalue weighted by Gasteiger charge is 2.09. The summed E-state index contributed by atoms with van der Waals surface area (Å²) in [5.74, 6) is 2.18. The van der Waals surface area contributed by atoms with Crippen LogP contribution in [0.15, 0.2) is 48.7 Å². The maximum Gasteiger partial charge on any atom is 0.131 e. The Labute approximate surface area is 147 Å². The molecule has 0 atom stereocenters. The number of nitrogens with zero attached hydrogens (tertiary/aromatic N) is 3. The number of ether oxygens (including phenoxy) is 1. The highest BCUT2D eigenvalue weighted by Crippen LogP contribution is 2.29. The minimum absolute atomic E-state index is 0.559. The van der Waals surface area contributed by atoms with E-state index in [1.165, 1.54) is 0 Å². The van der Waals surface area contributed by atoms with Crippen molar-refractivity contribution >= 4 is 22.7 Å². The molecule has 3 rings (SSSR count). The van der Waals surface area contributed by atoms with Crippen LogP contribution in [0.25, 0.3) is 10.9 Å². The van der Waals surface area contributed by atoms with Crippen LogP contribution in [0.3, 0.4) is 0 Å². The van der Waals surface area contributed by atoms with E-state index in [4.69, 9.17) is 16.5 Å². The molecule has 0 aliphatic carbocycles. The van der Waals surface area contributed by atoms with Gasteiger partial charge in [-0.1, -0.05) is 32.0 Å². The summed E-state index contributed by atoms with van der Waals surface area (Å²) in [6, 6.07) is 14.0. The second-order valence-corrected chi connectivity index (χ2v) is 6.99. The number of hydrogen-bond acceptors (Lipinski definition) is 3. The van der Waals surface area contributed by atoms with Gasteiger partial charge in [0.1, 0.15) is 11.5 Å². The van der Waals surface area contributed by atoms with E-state index in [9.17, 15) is 0 Å². The van der Waals surface area contributed by atoms with Crippen LogP contribution >= 0.6 is 11.8 Å². The highest BCUT2D eigenvalue weighted by atomic mass is 35.5. The third-order valence-corrected chi connectivity index (χ3v) is 3.86. The summed E-state index contributed by atoms with van der Waals surface area (Å²) in [5, 5.41) is 5.56. The van der Waals surface area contributed by atoms with Crippen molar-refractivity contribution in [2.24, 2.45) is 5.92 Å². The quantitative estimate of drug-likeness (QED) is 0.585. The van der Waals surface area contributed by atoms with Gasteiger partial charge in [-0.2, -0.15) is 5.10 Å². The molecule has 24 heavy (non-hydrogen) atoms. The molecule has 3 aromatic rings. The standard InChI is InChI=1S/C19H22ClN3O/c1-14(2)12-23-18-9-8-17(10-16(18)11-21-23)24-19-7-5-4-6-15(19)13-22(3)20/h4-11,14H,12-13H2,1-3H3. The highest BCUT2D eigenvalue weighted by molar-refractivity contribution is 6.13. The van der Waals surface area contributed by atoms with Crippen molar-refractivity contribution in [2.45, 2.75) is 26.9 Å². The van der Waals surface area contributed by atoms with Crippen LogP contribution in [0.4, 0.5) is 0 Å². The predicted molar refractivity (Wildman–Crippen MR) is 98.4 cm³/mol. The summed E-state index contributed by atoms with van der Waals surface area (Å²) in [5.41, 5.74) is 2.18. The Morgan fingerprint density at radius 2 is 2.00 bits per heavy atom. The molecule has 0 aliphatic rings. The minimum atomic E-state index is 0.559. The first kappa shape index (κ1) is 16.8. The lowest BCUT2D eigenvalue weighted by Crippen LogP contribution is -2.05. The lowest BCUT2D eigenvalue weighted by Gasteiger charge is -2.13. The van der Waals surface area contributed by atoms with E-state index in [2.05, 4.69) is 25.0 Å². The van der Waals surface area contributed by atoms with E-state index in [-0.39, 0.29) is 0 Å². The van der Waals surface area contributed by atoms with Gasteiger partial charge in [-0.25, -0.2) is 4.42 Å². The summed E-state index contributed by atoms with van der Waals surface area (Å²) < 4.78 is 9.74. The van der Waals surface area contributed by atoms with Crippen LogP contribution in [0.5, 0.6) is 11.5 Å². The van der Waals surface area contributed by atoms with Crippen molar-refractivity contribution in [3.8, 4) is 11.5 Å². The van der Waals surface area contributed by atoms with Crippen LogP contribution in [0.1, 0.15) is 19.4 Å². The maximum absolute atomic E-state index is 6.09. The number of rotatable bonds is 6. The van der Waals surface area contributed by atoms with Gasteiger partial charge >= 0.3 is 0 Å². The predicted octanol–water partition coefficient (Wildman–Crippen LogP) is 5.07. The van der Waals surface area contributed by atoms with Crippen molar-refractivity contribution < 1.29 is 4.74 Å². The molecule has 0 radical (unpaired) electrons. The summed E-state index contributed by atoms with van der Waals surface area (Å²) in [7, 11) is 1.83.